The molecule has 0 N–H and O–H groups in total. The Kier molecular flexibility index (Phi) is 8.51. The number of nitro benzene ring substituents is 1. The van der Waals surface area contributed by atoms with Gasteiger partial charge in [0.2, 0.25) is 0 Å². The predicted octanol–water partition coefficient (Wildman–Crippen LogP) is 4.86. The second kappa shape index (κ2) is 10.2. The molecule has 0 bridgehead atoms. The van der Waals surface area contributed by atoms with Gasteiger partial charge in [-0.05, 0) is 18.6 Å². The lowest BCUT2D eigenvalue weighted by Crippen LogP contribution is -2.20. The van der Waals surface area contributed by atoms with Crippen molar-refractivity contribution in [2.24, 2.45) is 0 Å². The lowest BCUT2D eigenvalue weighted by atomic mass is 10.1. The van der Waals surface area contributed by atoms with Crippen molar-refractivity contribution in [3.05, 3.63) is 34.4 Å². The molecule has 1 unspecified atom stereocenters. The number of esters is 1. The Bertz CT molecular complexity index is 476. The van der Waals surface area contributed by atoms with E-state index >= 15 is 0 Å². The SMILES string of the molecule is CCCCCCCCC(Cl)C(=O)Oc1ccc([N+](=O)[O-])cc1. The molecule has 0 saturated carbocycles. The highest BCUT2D eigenvalue weighted by atomic mass is 35.5. The van der Waals surface area contributed by atoms with Crippen LogP contribution in [0.1, 0.15) is 51.9 Å². The number of non-ortho nitro benzene ring substituents is 1. The van der Waals surface area contributed by atoms with Gasteiger partial charge in [-0.15, -0.1) is 11.6 Å². The van der Waals surface area contributed by atoms with E-state index in [0.29, 0.717) is 6.42 Å². The summed E-state index contributed by atoms with van der Waals surface area (Å²) in [6.45, 7) is 2.17. The number of hydrogen-bond acceptors (Lipinski definition) is 4. The molecule has 0 heterocycles. The number of carbonyl (C=O) groups is 1. The first kappa shape index (κ1) is 18.4. The van der Waals surface area contributed by atoms with Crippen molar-refractivity contribution in [2.45, 2.75) is 57.2 Å². The van der Waals surface area contributed by atoms with Crippen LogP contribution in [0.2, 0.25) is 0 Å². The van der Waals surface area contributed by atoms with Crippen LogP contribution in [0.15, 0.2) is 24.3 Å². The number of unbranched alkanes of at least 4 members (excludes halogenated alkanes) is 5. The fourth-order valence-corrected chi connectivity index (χ4v) is 2.24. The third kappa shape index (κ3) is 6.89. The summed E-state index contributed by atoms with van der Waals surface area (Å²) in [4.78, 5) is 21.8. The standard InChI is InChI=1S/C16H22ClNO4/c1-2-3-4-5-6-7-8-15(17)16(19)22-14-11-9-13(10-12-14)18(20)21/h9-12,15H,2-8H2,1H3. The van der Waals surface area contributed by atoms with Crippen molar-refractivity contribution >= 4 is 23.3 Å². The van der Waals surface area contributed by atoms with Gasteiger partial charge in [-0.3, -0.25) is 14.9 Å². The van der Waals surface area contributed by atoms with Crippen LogP contribution in [-0.4, -0.2) is 16.3 Å². The second-order valence-electron chi connectivity index (χ2n) is 5.20. The smallest absolute Gasteiger partial charge is 0.329 e. The average molecular weight is 328 g/mol. The molecule has 22 heavy (non-hydrogen) atoms. The van der Waals surface area contributed by atoms with Crippen LogP contribution in [-0.2, 0) is 4.79 Å². The maximum atomic E-state index is 11.8. The number of nitro groups is 1. The summed E-state index contributed by atoms with van der Waals surface area (Å²) in [7, 11) is 0. The van der Waals surface area contributed by atoms with Gasteiger partial charge in [-0.2, -0.15) is 0 Å². The molecule has 1 aromatic rings. The monoisotopic (exact) mass is 327 g/mol. The molecular weight excluding hydrogens is 306 g/mol. The van der Waals surface area contributed by atoms with Gasteiger partial charge < -0.3 is 4.74 Å². The van der Waals surface area contributed by atoms with Crippen molar-refractivity contribution < 1.29 is 14.5 Å². The largest absolute Gasteiger partial charge is 0.425 e. The summed E-state index contributed by atoms with van der Waals surface area (Å²) in [6, 6.07) is 5.37. The van der Waals surface area contributed by atoms with E-state index in [1.807, 2.05) is 0 Å². The molecule has 5 nitrogen and oxygen atoms in total. The Hall–Kier alpha value is -1.62. The third-order valence-electron chi connectivity index (χ3n) is 3.33. The summed E-state index contributed by atoms with van der Waals surface area (Å²) in [6.07, 6.45) is 7.37. The van der Waals surface area contributed by atoms with Crippen molar-refractivity contribution in [3.8, 4) is 5.75 Å². The van der Waals surface area contributed by atoms with Gasteiger partial charge in [0.25, 0.3) is 5.69 Å². The first-order valence-electron chi connectivity index (χ1n) is 7.64. The van der Waals surface area contributed by atoms with Gasteiger partial charge in [0.1, 0.15) is 11.1 Å². The summed E-state index contributed by atoms with van der Waals surface area (Å²) in [5.41, 5.74) is -0.0469. The normalized spacial score (nSPS) is 11.9. The van der Waals surface area contributed by atoms with Crippen LogP contribution >= 0.6 is 11.6 Å². The van der Waals surface area contributed by atoms with E-state index in [0.717, 1.165) is 19.3 Å². The van der Waals surface area contributed by atoms with Gasteiger partial charge in [0.05, 0.1) is 4.92 Å². The number of benzene rings is 1. The lowest BCUT2D eigenvalue weighted by Gasteiger charge is -2.09. The Morgan fingerprint density at radius 1 is 1.18 bits per heavy atom. The highest BCUT2D eigenvalue weighted by molar-refractivity contribution is 6.30. The van der Waals surface area contributed by atoms with Crippen LogP contribution in [0.5, 0.6) is 5.75 Å². The number of hydrogen-bond donors (Lipinski definition) is 0. The Balaban J connectivity index is 2.30. The zero-order chi connectivity index (χ0) is 16.4. The van der Waals surface area contributed by atoms with Crippen molar-refractivity contribution in [1.29, 1.82) is 0 Å². The molecule has 0 aliphatic rings. The molecule has 122 valence electrons. The molecule has 1 atom stereocenters. The number of rotatable bonds is 10. The van der Waals surface area contributed by atoms with Gasteiger partial charge >= 0.3 is 5.97 Å². The summed E-state index contributed by atoms with van der Waals surface area (Å²) in [5.74, 6) is -0.242. The van der Waals surface area contributed by atoms with E-state index in [9.17, 15) is 14.9 Å². The number of alkyl halides is 1. The molecule has 0 fully saturated rings. The molecule has 1 rings (SSSR count). The maximum Gasteiger partial charge on any atom is 0.329 e. The first-order chi connectivity index (χ1) is 10.5. The Morgan fingerprint density at radius 3 is 2.36 bits per heavy atom. The minimum Gasteiger partial charge on any atom is -0.425 e. The van der Waals surface area contributed by atoms with Crippen molar-refractivity contribution in [3.63, 3.8) is 0 Å². The topological polar surface area (TPSA) is 69.4 Å². The molecule has 0 saturated heterocycles. The van der Waals surface area contributed by atoms with Crippen LogP contribution in [0.25, 0.3) is 0 Å². The molecule has 1 aromatic carbocycles. The average Bonchev–Trinajstić information content (AvgIpc) is 2.51. The van der Waals surface area contributed by atoms with E-state index in [-0.39, 0.29) is 11.4 Å². The molecule has 0 spiro atoms. The van der Waals surface area contributed by atoms with Crippen molar-refractivity contribution in [2.75, 3.05) is 0 Å². The second-order valence-corrected chi connectivity index (χ2v) is 5.72. The quantitative estimate of drug-likeness (QED) is 0.154. The van der Waals surface area contributed by atoms with Crippen LogP contribution in [0.3, 0.4) is 0 Å². The van der Waals surface area contributed by atoms with Crippen molar-refractivity contribution in [1.82, 2.24) is 0 Å². The predicted molar refractivity (Wildman–Crippen MR) is 86.4 cm³/mol. The van der Waals surface area contributed by atoms with Gasteiger partial charge in [0.15, 0.2) is 0 Å². The summed E-state index contributed by atoms with van der Waals surface area (Å²) >= 11 is 6.02. The number of carbonyl (C=O) groups excluding carboxylic acids is 1. The highest BCUT2D eigenvalue weighted by Crippen LogP contribution is 2.19. The minimum absolute atomic E-state index is 0.0469. The number of ether oxygens (including phenoxy) is 1. The molecule has 0 aliphatic heterocycles. The number of halogens is 1. The fraction of sp³-hybridized carbons (Fsp3) is 0.562. The van der Waals surface area contributed by atoms with E-state index in [2.05, 4.69) is 6.92 Å². The van der Waals surface area contributed by atoms with Gasteiger partial charge in [-0.25, -0.2) is 0 Å². The lowest BCUT2D eigenvalue weighted by molar-refractivity contribution is -0.384. The fourth-order valence-electron chi connectivity index (χ4n) is 2.04. The minimum atomic E-state index is -0.679. The zero-order valence-corrected chi connectivity index (χ0v) is 13.6. The van der Waals surface area contributed by atoms with E-state index in [1.165, 1.54) is 43.5 Å². The Labute approximate surface area is 135 Å². The van der Waals surface area contributed by atoms with Crippen LogP contribution in [0, 0.1) is 10.1 Å². The molecule has 0 aliphatic carbocycles. The zero-order valence-electron chi connectivity index (χ0n) is 12.8. The molecule has 0 radical (unpaired) electrons. The molecule has 6 heteroatoms. The van der Waals surface area contributed by atoms with Crippen LogP contribution in [0.4, 0.5) is 5.69 Å². The summed E-state index contributed by atoms with van der Waals surface area (Å²) < 4.78 is 5.11. The van der Waals surface area contributed by atoms with Gasteiger partial charge in [-0.1, -0.05) is 45.4 Å². The molecular formula is C16H22ClNO4. The third-order valence-corrected chi connectivity index (χ3v) is 3.73. The van der Waals surface area contributed by atoms with Gasteiger partial charge in [0, 0.05) is 12.1 Å². The first-order valence-corrected chi connectivity index (χ1v) is 8.08. The molecule has 0 aromatic heterocycles. The maximum absolute atomic E-state index is 11.8. The molecule has 0 amide bonds. The van der Waals surface area contributed by atoms with Crippen LogP contribution < -0.4 is 4.74 Å². The number of nitrogens with zero attached hydrogens (tertiary/aromatic N) is 1. The van der Waals surface area contributed by atoms with E-state index in [4.69, 9.17) is 16.3 Å². The summed E-state index contributed by atoms with van der Waals surface area (Å²) in [5, 5.41) is 9.85. The van der Waals surface area contributed by atoms with E-state index in [1.54, 1.807) is 0 Å². The highest BCUT2D eigenvalue weighted by Gasteiger charge is 2.17. The van der Waals surface area contributed by atoms with E-state index < -0.39 is 16.3 Å². The Morgan fingerprint density at radius 2 is 1.77 bits per heavy atom.